The normalized spacial score (nSPS) is 13.3. The van der Waals surface area contributed by atoms with Crippen LogP contribution in [0.1, 0.15) is 46.5 Å². The van der Waals surface area contributed by atoms with Gasteiger partial charge in [-0.25, -0.2) is 0 Å². The van der Waals surface area contributed by atoms with E-state index in [9.17, 15) is 4.57 Å². The molecule has 0 spiro atoms. The van der Waals surface area contributed by atoms with Crippen molar-refractivity contribution in [3.63, 3.8) is 0 Å². The molecule has 66 valence electrons. The van der Waals surface area contributed by atoms with E-state index in [0.29, 0.717) is 0 Å². The average Bonchev–Trinajstić information content (AvgIpc) is 2.00. The van der Waals surface area contributed by atoms with Crippen molar-refractivity contribution >= 4 is 8.03 Å². The molecule has 0 aliphatic heterocycles. The second-order valence-corrected chi connectivity index (χ2v) is 4.45. The SMILES string of the molecule is CCCC(CC)(CC)[P+](=O)O. The van der Waals surface area contributed by atoms with Gasteiger partial charge in [-0.1, -0.05) is 27.2 Å². The molecule has 0 fully saturated rings. The van der Waals surface area contributed by atoms with Crippen molar-refractivity contribution in [2.45, 2.75) is 51.6 Å². The Morgan fingerprint density at radius 3 is 1.82 bits per heavy atom. The fourth-order valence-corrected chi connectivity index (χ4v) is 2.39. The highest BCUT2D eigenvalue weighted by Gasteiger charge is 2.44. The van der Waals surface area contributed by atoms with Crippen LogP contribution in [0.2, 0.25) is 0 Å². The minimum Gasteiger partial charge on any atom is -0.160 e. The van der Waals surface area contributed by atoms with Gasteiger partial charge in [0.05, 0.1) is 0 Å². The molecule has 0 amide bonds. The highest BCUT2D eigenvalue weighted by Crippen LogP contribution is 2.44. The van der Waals surface area contributed by atoms with Crippen LogP contribution in [0.5, 0.6) is 0 Å². The maximum atomic E-state index is 11.0. The van der Waals surface area contributed by atoms with Gasteiger partial charge in [-0.3, -0.25) is 0 Å². The molecule has 0 aromatic carbocycles. The summed E-state index contributed by atoms with van der Waals surface area (Å²) in [6, 6.07) is 0. The van der Waals surface area contributed by atoms with Gasteiger partial charge in [-0.15, -0.1) is 0 Å². The van der Waals surface area contributed by atoms with Crippen molar-refractivity contribution in [3.05, 3.63) is 0 Å². The van der Waals surface area contributed by atoms with Crippen LogP contribution in [-0.2, 0) is 4.57 Å². The molecule has 0 aromatic rings. The zero-order chi connectivity index (χ0) is 8.91. The first-order valence-corrected chi connectivity index (χ1v) is 5.50. The second kappa shape index (κ2) is 4.84. The summed E-state index contributed by atoms with van der Waals surface area (Å²) in [6.07, 6.45) is 3.47. The van der Waals surface area contributed by atoms with Gasteiger partial charge in [-0.2, -0.15) is 4.89 Å². The number of hydrogen-bond donors (Lipinski definition) is 1. The Kier molecular flexibility index (Phi) is 4.87. The Morgan fingerprint density at radius 1 is 1.27 bits per heavy atom. The van der Waals surface area contributed by atoms with Crippen LogP contribution in [0.3, 0.4) is 0 Å². The predicted molar refractivity (Wildman–Crippen MR) is 48.0 cm³/mol. The maximum Gasteiger partial charge on any atom is 0.511 e. The molecule has 11 heavy (non-hydrogen) atoms. The van der Waals surface area contributed by atoms with Crippen molar-refractivity contribution < 1.29 is 9.46 Å². The molecule has 0 aromatic heterocycles. The van der Waals surface area contributed by atoms with E-state index in [2.05, 4.69) is 6.92 Å². The van der Waals surface area contributed by atoms with Gasteiger partial charge < -0.3 is 0 Å². The number of rotatable bonds is 5. The van der Waals surface area contributed by atoms with E-state index >= 15 is 0 Å². The van der Waals surface area contributed by atoms with Crippen LogP contribution in [0.4, 0.5) is 0 Å². The van der Waals surface area contributed by atoms with E-state index in [0.717, 1.165) is 25.7 Å². The van der Waals surface area contributed by atoms with E-state index in [1.165, 1.54) is 0 Å². The zero-order valence-electron chi connectivity index (χ0n) is 7.63. The standard InChI is InChI=1S/C8H17O2P/c1-4-7-8(5-2,6-3)11(9)10/h4-7H2,1-3H3/p+1. The summed E-state index contributed by atoms with van der Waals surface area (Å²) in [5, 5.41) is -0.302. The number of hydrogen-bond acceptors (Lipinski definition) is 1. The van der Waals surface area contributed by atoms with Gasteiger partial charge in [0.2, 0.25) is 0 Å². The molecule has 1 atom stereocenters. The third kappa shape index (κ3) is 2.53. The fourth-order valence-electron chi connectivity index (χ4n) is 1.44. The first kappa shape index (κ1) is 11.1. The Bertz CT molecular complexity index is 130. The molecular weight excluding hydrogens is 159 g/mol. The lowest BCUT2D eigenvalue weighted by Gasteiger charge is -2.16. The van der Waals surface area contributed by atoms with E-state index in [1.54, 1.807) is 0 Å². The molecule has 0 rings (SSSR count). The van der Waals surface area contributed by atoms with Crippen LogP contribution in [0.15, 0.2) is 0 Å². The molecule has 0 heterocycles. The van der Waals surface area contributed by atoms with Gasteiger partial charge in [0.15, 0.2) is 5.16 Å². The molecule has 1 unspecified atom stereocenters. The van der Waals surface area contributed by atoms with Crippen LogP contribution in [-0.4, -0.2) is 10.0 Å². The molecule has 0 aliphatic carbocycles. The molecule has 0 saturated heterocycles. The van der Waals surface area contributed by atoms with Crippen LogP contribution >= 0.6 is 8.03 Å². The third-order valence-electron chi connectivity index (χ3n) is 2.44. The average molecular weight is 177 g/mol. The Balaban J connectivity index is 4.32. The minimum atomic E-state index is -2.00. The summed E-state index contributed by atoms with van der Waals surface area (Å²) in [7, 11) is -2.00. The van der Waals surface area contributed by atoms with E-state index in [-0.39, 0.29) is 5.16 Å². The lowest BCUT2D eigenvalue weighted by atomic mass is 9.97. The Hall–Kier alpha value is 0.0600. The highest BCUT2D eigenvalue weighted by molar-refractivity contribution is 7.40. The Labute approximate surface area is 69.9 Å². The molecule has 3 heteroatoms. The highest BCUT2D eigenvalue weighted by atomic mass is 31.1. The summed E-state index contributed by atoms with van der Waals surface area (Å²) in [6.45, 7) is 6.03. The summed E-state index contributed by atoms with van der Waals surface area (Å²) in [5.41, 5.74) is 0. The lowest BCUT2D eigenvalue weighted by Crippen LogP contribution is -2.21. The van der Waals surface area contributed by atoms with Gasteiger partial charge in [0, 0.05) is 0 Å². The minimum absolute atomic E-state index is 0.302. The van der Waals surface area contributed by atoms with Crippen LogP contribution < -0.4 is 0 Å². The molecule has 1 N–H and O–H groups in total. The predicted octanol–water partition coefficient (Wildman–Crippen LogP) is 3.08. The third-order valence-corrected chi connectivity index (χ3v) is 4.10. The summed E-state index contributed by atoms with van der Waals surface area (Å²) in [4.78, 5) is 9.10. The summed E-state index contributed by atoms with van der Waals surface area (Å²) in [5.74, 6) is 0. The van der Waals surface area contributed by atoms with Crippen molar-refractivity contribution in [2.75, 3.05) is 0 Å². The van der Waals surface area contributed by atoms with Crippen LogP contribution in [0.25, 0.3) is 0 Å². The van der Waals surface area contributed by atoms with Gasteiger partial charge in [0.1, 0.15) is 0 Å². The smallest absolute Gasteiger partial charge is 0.160 e. The van der Waals surface area contributed by atoms with Crippen molar-refractivity contribution in [1.82, 2.24) is 0 Å². The molecule has 2 nitrogen and oxygen atoms in total. The molecule has 0 bridgehead atoms. The second-order valence-electron chi connectivity index (χ2n) is 2.95. The Morgan fingerprint density at radius 2 is 1.73 bits per heavy atom. The maximum absolute atomic E-state index is 11.0. The largest absolute Gasteiger partial charge is 0.511 e. The molecule has 0 radical (unpaired) electrons. The van der Waals surface area contributed by atoms with Crippen molar-refractivity contribution in [2.24, 2.45) is 0 Å². The van der Waals surface area contributed by atoms with Gasteiger partial charge in [0.25, 0.3) is 0 Å². The first-order chi connectivity index (χ1) is 5.13. The van der Waals surface area contributed by atoms with E-state index < -0.39 is 8.03 Å². The first-order valence-electron chi connectivity index (χ1n) is 4.29. The van der Waals surface area contributed by atoms with Crippen LogP contribution in [0, 0.1) is 0 Å². The zero-order valence-corrected chi connectivity index (χ0v) is 8.53. The fraction of sp³-hybridized carbons (Fsp3) is 1.00. The lowest BCUT2D eigenvalue weighted by molar-refractivity contribution is 0.404. The van der Waals surface area contributed by atoms with Gasteiger partial charge in [-0.05, 0) is 23.8 Å². The van der Waals surface area contributed by atoms with E-state index in [4.69, 9.17) is 4.89 Å². The molecule has 0 aliphatic rings. The van der Waals surface area contributed by atoms with Gasteiger partial charge >= 0.3 is 8.03 Å². The summed E-state index contributed by atoms with van der Waals surface area (Å²) < 4.78 is 11.0. The molecular formula is C8H18O2P+. The topological polar surface area (TPSA) is 37.3 Å². The van der Waals surface area contributed by atoms with E-state index in [1.807, 2.05) is 13.8 Å². The van der Waals surface area contributed by atoms with Crippen molar-refractivity contribution in [3.8, 4) is 0 Å². The summed E-state index contributed by atoms with van der Waals surface area (Å²) >= 11 is 0. The quantitative estimate of drug-likeness (QED) is 0.655. The monoisotopic (exact) mass is 177 g/mol. The molecule has 0 saturated carbocycles. The van der Waals surface area contributed by atoms with Crippen molar-refractivity contribution in [1.29, 1.82) is 0 Å².